The summed E-state index contributed by atoms with van der Waals surface area (Å²) in [6, 6.07) is 21.8. The highest BCUT2D eigenvalue weighted by Gasteiger charge is 2.23. The molecule has 1 aliphatic rings. The summed E-state index contributed by atoms with van der Waals surface area (Å²) in [6.45, 7) is 0.524. The molecule has 0 unspecified atom stereocenters. The summed E-state index contributed by atoms with van der Waals surface area (Å²) in [5, 5.41) is 9.33. The summed E-state index contributed by atoms with van der Waals surface area (Å²) in [4.78, 5) is 0. The summed E-state index contributed by atoms with van der Waals surface area (Å²) >= 11 is 6.03. The molecule has 2 aromatic carbocycles. The molecule has 0 spiro atoms. The Labute approximate surface area is 157 Å². The van der Waals surface area contributed by atoms with Gasteiger partial charge in [-0.05, 0) is 36.4 Å². The zero-order valence-electron chi connectivity index (χ0n) is 14.3. The van der Waals surface area contributed by atoms with E-state index in [0.717, 1.165) is 16.9 Å². The lowest BCUT2D eigenvalue weighted by molar-refractivity contribution is -0.671. The Morgan fingerprint density at radius 3 is 2.19 bits per heavy atom. The van der Waals surface area contributed by atoms with Crippen LogP contribution in [0.1, 0.15) is 5.56 Å². The SMILES string of the molecule is C[n+]1ccc(C2=NN(c3ccccc3)CN(c3ccc(Cl)cc3)[N]2)cc1. The third-order valence-corrected chi connectivity index (χ3v) is 4.37. The number of amidine groups is 1. The molecule has 5 nitrogen and oxygen atoms in total. The number of hydrogen-bond donors (Lipinski definition) is 0. The number of anilines is 2. The minimum absolute atomic E-state index is 0.524. The second-order valence-electron chi connectivity index (χ2n) is 6.03. The van der Waals surface area contributed by atoms with E-state index < -0.39 is 0 Å². The van der Waals surface area contributed by atoms with E-state index >= 15 is 0 Å². The lowest BCUT2D eigenvalue weighted by Gasteiger charge is -2.34. The van der Waals surface area contributed by atoms with E-state index in [1.165, 1.54) is 0 Å². The summed E-state index contributed by atoms with van der Waals surface area (Å²) < 4.78 is 1.98. The third kappa shape index (κ3) is 3.48. The highest BCUT2D eigenvalue weighted by Crippen LogP contribution is 2.23. The van der Waals surface area contributed by atoms with Gasteiger partial charge in [-0.2, -0.15) is 0 Å². The van der Waals surface area contributed by atoms with Crippen molar-refractivity contribution in [2.45, 2.75) is 0 Å². The molecule has 0 N–H and O–H groups in total. The largest absolute Gasteiger partial charge is 0.242 e. The molecule has 6 heteroatoms. The molecule has 0 saturated heterocycles. The van der Waals surface area contributed by atoms with Gasteiger partial charge in [-0.15, -0.1) is 10.5 Å². The molecule has 26 heavy (non-hydrogen) atoms. The van der Waals surface area contributed by atoms with Crippen molar-refractivity contribution in [3.63, 3.8) is 0 Å². The molecule has 0 amide bonds. The number of rotatable bonds is 3. The van der Waals surface area contributed by atoms with Crippen molar-refractivity contribution in [2.24, 2.45) is 12.1 Å². The van der Waals surface area contributed by atoms with Crippen LogP contribution in [0.15, 0.2) is 84.2 Å². The summed E-state index contributed by atoms with van der Waals surface area (Å²) in [7, 11) is 1.99. The number of para-hydroxylation sites is 1. The van der Waals surface area contributed by atoms with Gasteiger partial charge in [-0.25, -0.2) is 14.6 Å². The molecule has 129 valence electrons. The molecule has 0 fully saturated rings. The van der Waals surface area contributed by atoms with Crippen molar-refractivity contribution in [1.82, 2.24) is 5.43 Å². The quantitative estimate of drug-likeness (QED) is 0.669. The Balaban J connectivity index is 1.72. The second-order valence-corrected chi connectivity index (χ2v) is 6.46. The van der Waals surface area contributed by atoms with Crippen molar-refractivity contribution in [2.75, 3.05) is 16.7 Å². The standard InChI is InChI=1S/C20H18ClN5/c1-24-13-11-16(12-14-24)20-22-25(18-5-3-2-4-6-18)15-26(23-20)19-9-7-17(21)8-10-19/h2-14H,15H2,1H3/q+1. The molecule has 0 bridgehead atoms. The molecule has 1 radical (unpaired) electrons. The Morgan fingerprint density at radius 1 is 0.846 bits per heavy atom. The smallest absolute Gasteiger partial charge is 0.199 e. The Kier molecular flexibility index (Phi) is 4.46. The number of hydrogen-bond acceptors (Lipinski definition) is 3. The monoisotopic (exact) mass is 363 g/mol. The molecule has 3 aromatic rings. The minimum atomic E-state index is 0.524. The van der Waals surface area contributed by atoms with Crippen LogP contribution in [0.25, 0.3) is 0 Å². The predicted octanol–water partition coefficient (Wildman–Crippen LogP) is 3.33. The van der Waals surface area contributed by atoms with E-state index in [1.807, 2.05) is 101 Å². The molecular weight excluding hydrogens is 346 g/mol. The van der Waals surface area contributed by atoms with Gasteiger partial charge in [0.2, 0.25) is 0 Å². The highest BCUT2D eigenvalue weighted by molar-refractivity contribution is 6.30. The van der Waals surface area contributed by atoms with Crippen LogP contribution in [0.2, 0.25) is 5.02 Å². The fourth-order valence-electron chi connectivity index (χ4n) is 2.70. The van der Waals surface area contributed by atoms with Gasteiger partial charge in [0.25, 0.3) is 0 Å². The first-order valence-electron chi connectivity index (χ1n) is 8.31. The van der Waals surface area contributed by atoms with Crippen molar-refractivity contribution in [3.05, 3.63) is 89.7 Å². The van der Waals surface area contributed by atoms with Crippen LogP contribution >= 0.6 is 11.6 Å². The van der Waals surface area contributed by atoms with Crippen LogP contribution in [0, 0.1) is 0 Å². The lowest BCUT2D eigenvalue weighted by Crippen LogP contribution is -2.48. The van der Waals surface area contributed by atoms with Crippen LogP contribution in [0.5, 0.6) is 0 Å². The van der Waals surface area contributed by atoms with Gasteiger partial charge in [-0.1, -0.05) is 29.8 Å². The van der Waals surface area contributed by atoms with Crippen molar-refractivity contribution < 1.29 is 4.57 Å². The molecule has 2 heterocycles. The molecule has 0 saturated carbocycles. The Morgan fingerprint density at radius 2 is 1.50 bits per heavy atom. The van der Waals surface area contributed by atoms with Crippen LogP contribution in [0.3, 0.4) is 0 Å². The van der Waals surface area contributed by atoms with Crippen LogP contribution in [-0.2, 0) is 7.05 Å². The molecule has 0 aliphatic carbocycles. The molecule has 1 aromatic heterocycles. The zero-order valence-corrected chi connectivity index (χ0v) is 15.1. The first-order valence-corrected chi connectivity index (χ1v) is 8.68. The Bertz CT molecular complexity index is 907. The van der Waals surface area contributed by atoms with Crippen molar-refractivity contribution in [3.8, 4) is 0 Å². The third-order valence-electron chi connectivity index (χ3n) is 4.11. The average Bonchev–Trinajstić information content (AvgIpc) is 2.69. The number of pyridine rings is 1. The fraction of sp³-hybridized carbons (Fsp3) is 0.100. The number of nitrogens with zero attached hydrogens (tertiary/aromatic N) is 5. The number of aryl methyl sites for hydroxylation is 1. The van der Waals surface area contributed by atoms with Gasteiger partial charge in [0.15, 0.2) is 18.2 Å². The van der Waals surface area contributed by atoms with Gasteiger partial charge >= 0.3 is 0 Å². The van der Waals surface area contributed by atoms with Gasteiger partial charge in [0.05, 0.1) is 11.4 Å². The minimum Gasteiger partial charge on any atom is -0.242 e. The molecule has 4 rings (SSSR count). The zero-order chi connectivity index (χ0) is 17.9. The summed E-state index contributed by atoms with van der Waals surface area (Å²) in [5.41, 5.74) is 7.68. The summed E-state index contributed by atoms with van der Waals surface area (Å²) in [5.74, 6) is 0.663. The maximum atomic E-state index is 6.03. The fourth-order valence-corrected chi connectivity index (χ4v) is 2.82. The van der Waals surface area contributed by atoms with E-state index in [2.05, 4.69) is 0 Å². The van der Waals surface area contributed by atoms with E-state index in [1.54, 1.807) is 0 Å². The second kappa shape index (κ2) is 7.06. The van der Waals surface area contributed by atoms with Crippen molar-refractivity contribution >= 4 is 28.8 Å². The summed E-state index contributed by atoms with van der Waals surface area (Å²) in [6.07, 6.45) is 3.98. The van der Waals surface area contributed by atoms with Gasteiger partial charge in [0.1, 0.15) is 13.7 Å². The first-order chi connectivity index (χ1) is 12.7. The van der Waals surface area contributed by atoms with Gasteiger partial charge < -0.3 is 0 Å². The van der Waals surface area contributed by atoms with Crippen LogP contribution in [0.4, 0.5) is 11.4 Å². The van der Waals surface area contributed by atoms with Crippen LogP contribution < -0.4 is 20.0 Å². The normalized spacial score (nSPS) is 14.0. The van der Waals surface area contributed by atoms with E-state index in [4.69, 9.17) is 22.1 Å². The van der Waals surface area contributed by atoms with Gasteiger partial charge in [0, 0.05) is 22.7 Å². The topological polar surface area (TPSA) is 36.8 Å². The molecule has 0 atom stereocenters. The molecular formula is C20H18ClN5+. The van der Waals surface area contributed by atoms with Crippen LogP contribution in [-0.4, -0.2) is 12.5 Å². The van der Waals surface area contributed by atoms with Crippen molar-refractivity contribution in [1.29, 1.82) is 0 Å². The Hall–Kier alpha value is -3.05. The number of halogens is 1. The molecule has 1 aliphatic heterocycles. The van der Waals surface area contributed by atoms with Gasteiger partial charge in [-0.3, -0.25) is 0 Å². The van der Waals surface area contributed by atoms with E-state index in [0.29, 0.717) is 17.5 Å². The number of aromatic nitrogens is 1. The first kappa shape index (κ1) is 16.4. The van der Waals surface area contributed by atoms with E-state index in [9.17, 15) is 0 Å². The van der Waals surface area contributed by atoms with E-state index in [-0.39, 0.29) is 0 Å². The highest BCUT2D eigenvalue weighted by atomic mass is 35.5. The maximum Gasteiger partial charge on any atom is 0.199 e. The maximum absolute atomic E-state index is 6.03. The number of hydrazone groups is 1. The average molecular weight is 364 g/mol. The number of benzene rings is 2. The predicted molar refractivity (Wildman–Crippen MR) is 104 cm³/mol. The lowest BCUT2D eigenvalue weighted by atomic mass is 10.2.